The fourth-order valence-corrected chi connectivity index (χ4v) is 5.31. The maximum Gasteiger partial charge on any atom is 0.253 e. The molecule has 0 unspecified atom stereocenters. The van der Waals surface area contributed by atoms with Crippen LogP contribution in [0.1, 0.15) is 27.6 Å². The zero-order valence-corrected chi connectivity index (χ0v) is 19.2. The summed E-state index contributed by atoms with van der Waals surface area (Å²) in [5, 5.41) is 7.56. The molecule has 2 saturated heterocycles. The number of likely N-dealkylation sites (tertiary alicyclic amines) is 2. The smallest absolute Gasteiger partial charge is 0.253 e. The van der Waals surface area contributed by atoms with Crippen LogP contribution in [0.3, 0.4) is 0 Å². The number of ether oxygens (including phenoxy) is 2. The average molecular weight is 448 g/mol. The van der Waals surface area contributed by atoms with Crippen molar-refractivity contribution in [3.63, 3.8) is 0 Å². The molecule has 0 aliphatic carbocycles. The van der Waals surface area contributed by atoms with E-state index in [-0.39, 0.29) is 17.2 Å². The summed E-state index contributed by atoms with van der Waals surface area (Å²) in [4.78, 5) is 22.3. The summed E-state index contributed by atoms with van der Waals surface area (Å²) >= 11 is 0. The first-order valence-corrected chi connectivity index (χ1v) is 11.2. The molecule has 172 valence electrons. The molecule has 2 aliphatic rings. The second kappa shape index (κ2) is 8.51. The number of methoxy groups -OCH3 is 2. The lowest BCUT2D eigenvalue weighted by atomic mass is 9.80. The van der Waals surface area contributed by atoms with Gasteiger partial charge in [0, 0.05) is 55.8 Å². The van der Waals surface area contributed by atoms with E-state index in [4.69, 9.17) is 14.5 Å². The van der Waals surface area contributed by atoms with Crippen molar-refractivity contribution in [3.05, 3.63) is 71.3 Å². The van der Waals surface area contributed by atoms with Crippen LogP contribution in [-0.2, 0) is 12.0 Å². The predicted molar refractivity (Wildman–Crippen MR) is 123 cm³/mol. The Bertz CT molecular complexity index is 1150. The van der Waals surface area contributed by atoms with E-state index in [0.717, 1.165) is 53.9 Å². The van der Waals surface area contributed by atoms with Gasteiger partial charge >= 0.3 is 0 Å². The van der Waals surface area contributed by atoms with E-state index in [2.05, 4.69) is 21.2 Å². The number of carbonyl (C=O) groups is 1. The summed E-state index contributed by atoms with van der Waals surface area (Å²) in [6, 6.07) is 15.4. The number of aryl methyl sites for hydroxylation is 1. The average Bonchev–Trinajstić information content (AvgIpc) is 3.52. The Hall–Kier alpha value is -3.39. The third-order valence-corrected chi connectivity index (χ3v) is 6.92. The van der Waals surface area contributed by atoms with E-state index >= 15 is 0 Å². The van der Waals surface area contributed by atoms with E-state index in [9.17, 15) is 4.79 Å². The first-order valence-electron chi connectivity index (χ1n) is 11.2. The first-order chi connectivity index (χ1) is 16.0. The number of amides is 1. The standard InChI is InChI=1S/C25H29N5O3/c1-17-26-24(28-27-17)25-15-29(12-19-9-10-21(32-2)11-22(19)33-3)13-20(25)14-30(16-25)23(31)18-7-5-4-6-8-18/h4-11,20H,12-16H2,1-3H3,(H,26,27,28)/t20-,25-/m1/s1. The lowest BCUT2D eigenvalue weighted by Gasteiger charge is -2.27. The van der Waals surface area contributed by atoms with Gasteiger partial charge in [-0.15, -0.1) is 0 Å². The van der Waals surface area contributed by atoms with Gasteiger partial charge in [0.2, 0.25) is 0 Å². The topological polar surface area (TPSA) is 83.6 Å². The molecule has 0 saturated carbocycles. The quantitative estimate of drug-likeness (QED) is 0.626. The molecule has 3 aromatic rings. The van der Waals surface area contributed by atoms with E-state index < -0.39 is 0 Å². The van der Waals surface area contributed by atoms with Crippen LogP contribution in [0, 0.1) is 12.8 Å². The van der Waals surface area contributed by atoms with Gasteiger partial charge < -0.3 is 14.4 Å². The van der Waals surface area contributed by atoms with Gasteiger partial charge in [0.1, 0.15) is 17.3 Å². The number of benzene rings is 2. The number of nitrogens with one attached hydrogen (secondary N) is 1. The van der Waals surface area contributed by atoms with Crippen molar-refractivity contribution in [3.8, 4) is 11.5 Å². The summed E-state index contributed by atoms with van der Waals surface area (Å²) in [5.41, 5.74) is 1.53. The number of nitrogens with zero attached hydrogens (tertiary/aromatic N) is 4. The van der Waals surface area contributed by atoms with Crippen LogP contribution in [0.25, 0.3) is 0 Å². The molecule has 5 rings (SSSR count). The second-order valence-corrected chi connectivity index (χ2v) is 9.00. The highest BCUT2D eigenvalue weighted by Gasteiger charge is 2.56. The molecular weight excluding hydrogens is 418 g/mol. The van der Waals surface area contributed by atoms with Crippen LogP contribution in [0.15, 0.2) is 48.5 Å². The number of hydrogen-bond acceptors (Lipinski definition) is 6. The van der Waals surface area contributed by atoms with E-state index in [1.165, 1.54) is 0 Å². The van der Waals surface area contributed by atoms with E-state index in [0.29, 0.717) is 13.1 Å². The zero-order chi connectivity index (χ0) is 23.0. The Balaban J connectivity index is 1.40. The molecule has 33 heavy (non-hydrogen) atoms. The van der Waals surface area contributed by atoms with Crippen LogP contribution >= 0.6 is 0 Å². The summed E-state index contributed by atoms with van der Waals surface area (Å²) < 4.78 is 11.0. The van der Waals surface area contributed by atoms with Crippen molar-refractivity contribution in [2.75, 3.05) is 40.4 Å². The summed E-state index contributed by atoms with van der Waals surface area (Å²) in [5.74, 6) is 3.51. The van der Waals surface area contributed by atoms with E-state index in [1.807, 2.05) is 54.3 Å². The fourth-order valence-electron chi connectivity index (χ4n) is 5.31. The number of rotatable bonds is 6. The number of aromatic amines is 1. The molecule has 0 radical (unpaired) electrons. The van der Waals surface area contributed by atoms with Gasteiger partial charge in [-0.05, 0) is 25.1 Å². The zero-order valence-electron chi connectivity index (χ0n) is 19.2. The molecule has 2 aliphatic heterocycles. The highest BCUT2D eigenvalue weighted by molar-refractivity contribution is 5.94. The largest absolute Gasteiger partial charge is 0.497 e. The van der Waals surface area contributed by atoms with Crippen LogP contribution in [0.4, 0.5) is 0 Å². The Morgan fingerprint density at radius 1 is 1.12 bits per heavy atom. The Kier molecular flexibility index (Phi) is 5.54. The molecule has 3 heterocycles. The van der Waals surface area contributed by atoms with Crippen molar-refractivity contribution < 1.29 is 14.3 Å². The summed E-state index contributed by atoms with van der Waals surface area (Å²) in [6.45, 7) is 5.61. The Morgan fingerprint density at radius 3 is 2.64 bits per heavy atom. The molecular formula is C25H29N5O3. The number of carbonyl (C=O) groups excluding carboxylic acids is 1. The van der Waals surface area contributed by atoms with Crippen LogP contribution in [-0.4, -0.2) is 71.3 Å². The molecule has 2 aromatic carbocycles. The van der Waals surface area contributed by atoms with Crippen molar-refractivity contribution in [2.45, 2.75) is 18.9 Å². The molecule has 2 atom stereocenters. The summed E-state index contributed by atoms with van der Waals surface area (Å²) in [7, 11) is 3.34. The minimum atomic E-state index is -0.297. The Morgan fingerprint density at radius 2 is 1.94 bits per heavy atom. The number of fused-ring (bicyclic) bond motifs is 1. The van der Waals surface area contributed by atoms with Crippen molar-refractivity contribution in [1.82, 2.24) is 25.0 Å². The minimum Gasteiger partial charge on any atom is -0.497 e. The third kappa shape index (κ3) is 3.84. The third-order valence-electron chi connectivity index (χ3n) is 6.92. The Labute approximate surface area is 193 Å². The highest BCUT2D eigenvalue weighted by atomic mass is 16.5. The van der Waals surface area contributed by atoms with Gasteiger partial charge in [0.15, 0.2) is 5.82 Å². The molecule has 0 bridgehead atoms. The maximum atomic E-state index is 13.2. The van der Waals surface area contributed by atoms with Crippen molar-refractivity contribution in [1.29, 1.82) is 0 Å². The molecule has 1 amide bonds. The van der Waals surface area contributed by atoms with Crippen LogP contribution in [0.2, 0.25) is 0 Å². The molecule has 1 N–H and O–H groups in total. The molecule has 8 nitrogen and oxygen atoms in total. The second-order valence-electron chi connectivity index (χ2n) is 9.00. The SMILES string of the molecule is COc1ccc(CN2C[C@@H]3CN(C(=O)c4ccccc4)C[C@]3(c3n[nH]c(C)n3)C2)c(OC)c1. The molecule has 8 heteroatoms. The number of hydrogen-bond donors (Lipinski definition) is 1. The predicted octanol–water partition coefficient (Wildman–Crippen LogP) is 2.66. The lowest BCUT2D eigenvalue weighted by Crippen LogP contribution is -2.40. The van der Waals surface area contributed by atoms with Gasteiger partial charge in [-0.25, -0.2) is 4.98 Å². The molecule has 1 aromatic heterocycles. The van der Waals surface area contributed by atoms with Crippen LogP contribution in [0.5, 0.6) is 11.5 Å². The fraction of sp³-hybridized carbons (Fsp3) is 0.400. The summed E-state index contributed by atoms with van der Waals surface area (Å²) in [6.07, 6.45) is 0. The first kappa shape index (κ1) is 21.5. The van der Waals surface area contributed by atoms with Crippen molar-refractivity contribution in [2.24, 2.45) is 5.92 Å². The maximum absolute atomic E-state index is 13.2. The van der Waals surface area contributed by atoms with Gasteiger partial charge in [-0.1, -0.05) is 24.3 Å². The molecule has 2 fully saturated rings. The number of H-pyrrole nitrogens is 1. The number of aromatic nitrogens is 3. The van der Waals surface area contributed by atoms with Gasteiger partial charge in [-0.2, -0.15) is 5.10 Å². The van der Waals surface area contributed by atoms with Gasteiger partial charge in [0.05, 0.1) is 19.6 Å². The minimum absolute atomic E-state index is 0.0695. The van der Waals surface area contributed by atoms with E-state index in [1.54, 1.807) is 14.2 Å². The highest BCUT2D eigenvalue weighted by Crippen LogP contribution is 2.44. The molecule has 0 spiro atoms. The normalized spacial score (nSPS) is 22.4. The lowest BCUT2D eigenvalue weighted by molar-refractivity contribution is 0.0769. The van der Waals surface area contributed by atoms with Gasteiger partial charge in [0.25, 0.3) is 5.91 Å². The van der Waals surface area contributed by atoms with Crippen LogP contribution < -0.4 is 9.47 Å². The van der Waals surface area contributed by atoms with Crippen molar-refractivity contribution >= 4 is 5.91 Å². The monoisotopic (exact) mass is 447 g/mol. The van der Waals surface area contributed by atoms with Gasteiger partial charge in [-0.3, -0.25) is 14.8 Å².